The molecule has 0 heterocycles. The van der Waals surface area contributed by atoms with Crippen LogP contribution >= 0.6 is 0 Å². The van der Waals surface area contributed by atoms with E-state index in [0.717, 1.165) is 6.42 Å². The van der Waals surface area contributed by atoms with Gasteiger partial charge in [-0.05, 0) is 31.6 Å². The lowest BCUT2D eigenvalue weighted by Gasteiger charge is -2.30. The van der Waals surface area contributed by atoms with Crippen molar-refractivity contribution in [3.8, 4) is 0 Å². The molecule has 0 spiro atoms. The molecule has 0 rings (SSSR count). The Morgan fingerprint density at radius 1 is 1.15 bits per heavy atom. The fourth-order valence-corrected chi connectivity index (χ4v) is 1.12. The molecule has 2 heteroatoms. The quantitative estimate of drug-likeness (QED) is 0.711. The number of hydrogen-bond donors (Lipinski definition) is 2. The van der Waals surface area contributed by atoms with Crippen LogP contribution in [0.1, 0.15) is 53.9 Å². The van der Waals surface area contributed by atoms with Gasteiger partial charge in [-0.2, -0.15) is 0 Å². The van der Waals surface area contributed by atoms with Gasteiger partial charge in [0.2, 0.25) is 0 Å². The van der Waals surface area contributed by atoms with Gasteiger partial charge < -0.3 is 10.2 Å². The minimum Gasteiger partial charge on any atom is -0.390 e. The smallest absolute Gasteiger partial charge is 0.0874 e. The average molecular weight is 188 g/mol. The first-order valence-corrected chi connectivity index (χ1v) is 5.09. The summed E-state index contributed by atoms with van der Waals surface area (Å²) in [6, 6.07) is 0. The first-order valence-electron chi connectivity index (χ1n) is 5.09. The van der Waals surface area contributed by atoms with Crippen LogP contribution in [0.4, 0.5) is 0 Å². The third kappa shape index (κ3) is 5.27. The van der Waals surface area contributed by atoms with Crippen molar-refractivity contribution in [2.24, 2.45) is 5.41 Å². The second kappa shape index (κ2) is 4.43. The molecule has 0 bridgehead atoms. The zero-order valence-corrected chi connectivity index (χ0v) is 9.59. The lowest BCUT2D eigenvalue weighted by atomic mass is 9.85. The fraction of sp³-hybridized carbons (Fsp3) is 1.00. The molecule has 0 radical (unpaired) electrons. The minimum atomic E-state index is -0.925. The highest BCUT2D eigenvalue weighted by Gasteiger charge is 2.28. The van der Waals surface area contributed by atoms with Crippen molar-refractivity contribution < 1.29 is 10.2 Å². The van der Waals surface area contributed by atoms with Crippen LogP contribution in [0.25, 0.3) is 0 Å². The van der Waals surface area contributed by atoms with Gasteiger partial charge >= 0.3 is 0 Å². The third-order valence-electron chi connectivity index (χ3n) is 2.60. The molecule has 0 amide bonds. The molecule has 2 unspecified atom stereocenters. The minimum absolute atomic E-state index is 0.227. The number of aliphatic hydroxyl groups is 2. The van der Waals surface area contributed by atoms with E-state index in [1.54, 1.807) is 6.92 Å². The molecule has 0 aromatic carbocycles. The zero-order chi connectivity index (χ0) is 10.7. The maximum atomic E-state index is 9.74. The Morgan fingerprint density at radius 2 is 1.62 bits per heavy atom. The normalized spacial score (nSPS) is 19.6. The van der Waals surface area contributed by atoms with Crippen molar-refractivity contribution >= 4 is 0 Å². The second-order valence-corrected chi connectivity index (χ2v) is 5.33. The molecule has 2 N–H and O–H groups in total. The van der Waals surface area contributed by atoms with Crippen molar-refractivity contribution in [1.82, 2.24) is 0 Å². The van der Waals surface area contributed by atoms with Gasteiger partial charge in [0.25, 0.3) is 0 Å². The summed E-state index contributed by atoms with van der Waals surface area (Å²) in [6.45, 7) is 10.0. The molecule has 0 saturated carbocycles. The van der Waals surface area contributed by atoms with Crippen molar-refractivity contribution in [1.29, 1.82) is 0 Å². The van der Waals surface area contributed by atoms with Crippen LogP contribution in [0.2, 0.25) is 0 Å². The van der Waals surface area contributed by atoms with Gasteiger partial charge in [0.15, 0.2) is 0 Å². The Kier molecular flexibility index (Phi) is 4.40. The molecule has 0 fully saturated rings. The van der Waals surface area contributed by atoms with Crippen LogP contribution in [0.15, 0.2) is 0 Å². The molecule has 13 heavy (non-hydrogen) atoms. The maximum Gasteiger partial charge on any atom is 0.0874 e. The predicted molar refractivity (Wildman–Crippen MR) is 55.6 cm³/mol. The van der Waals surface area contributed by atoms with Gasteiger partial charge in [0.05, 0.1) is 11.7 Å². The van der Waals surface area contributed by atoms with E-state index in [4.69, 9.17) is 0 Å². The lowest BCUT2D eigenvalue weighted by molar-refractivity contribution is -0.0704. The number of aliphatic hydroxyl groups excluding tert-OH is 1. The lowest BCUT2D eigenvalue weighted by Crippen LogP contribution is -2.39. The van der Waals surface area contributed by atoms with Gasteiger partial charge in [0.1, 0.15) is 0 Å². The largest absolute Gasteiger partial charge is 0.390 e. The van der Waals surface area contributed by atoms with Gasteiger partial charge in [-0.15, -0.1) is 0 Å². The number of rotatable bonds is 4. The first kappa shape index (κ1) is 12.9. The Bertz CT molecular complexity index is 145. The molecule has 0 aliphatic carbocycles. The Hall–Kier alpha value is -0.0800. The molecular weight excluding hydrogens is 164 g/mol. The maximum absolute atomic E-state index is 9.74. The van der Waals surface area contributed by atoms with Gasteiger partial charge in [-0.1, -0.05) is 27.7 Å². The van der Waals surface area contributed by atoms with Crippen LogP contribution in [-0.4, -0.2) is 21.9 Å². The van der Waals surface area contributed by atoms with Crippen LogP contribution in [0, 0.1) is 5.41 Å². The molecular formula is C11H24O2. The summed E-state index contributed by atoms with van der Waals surface area (Å²) in [5, 5.41) is 19.4. The molecule has 2 atom stereocenters. The van der Waals surface area contributed by atoms with Gasteiger partial charge in [-0.3, -0.25) is 0 Å². The Morgan fingerprint density at radius 3 is 1.92 bits per heavy atom. The highest BCUT2D eigenvalue weighted by atomic mass is 16.3. The Labute approximate surface area is 82.0 Å². The zero-order valence-electron chi connectivity index (χ0n) is 9.59. The standard InChI is InChI=1S/C11H24O2/c1-6-11(5,13)9(12)7-8-10(2,3)4/h9,12-13H,6-8H2,1-5H3. The van der Waals surface area contributed by atoms with E-state index >= 15 is 0 Å². The molecule has 2 nitrogen and oxygen atoms in total. The summed E-state index contributed by atoms with van der Waals surface area (Å²) < 4.78 is 0. The van der Waals surface area contributed by atoms with Gasteiger partial charge in [0, 0.05) is 0 Å². The van der Waals surface area contributed by atoms with Crippen molar-refractivity contribution in [3.05, 3.63) is 0 Å². The third-order valence-corrected chi connectivity index (χ3v) is 2.60. The molecule has 0 saturated heterocycles. The highest BCUT2D eigenvalue weighted by molar-refractivity contribution is 4.81. The van der Waals surface area contributed by atoms with Crippen molar-refractivity contribution in [2.75, 3.05) is 0 Å². The summed E-state index contributed by atoms with van der Waals surface area (Å²) in [5.41, 5.74) is -0.698. The molecule has 0 aliphatic rings. The highest BCUT2D eigenvalue weighted by Crippen LogP contribution is 2.26. The summed E-state index contributed by atoms with van der Waals surface area (Å²) in [5.74, 6) is 0. The summed E-state index contributed by atoms with van der Waals surface area (Å²) >= 11 is 0. The van der Waals surface area contributed by atoms with E-state index in [1.165, 1.54) is 0 Å². The molecule has 0 aromatic rings. The summed E-state index contributed by atoms with van der Waals surface area (Å²) in [6.07, 6.45) is 1.60. The number of hydrogen-bond acceptors (Lipinski definition) is 2. The van der Waals surface area contributed by atoms with E-state index in [2.05, 4.69) is 20.8 Å². The van der Waals surface area contributed by atoms with E-state index in [0.29, 0.717) is 12.8 Å². The predicted octanol–water partition coefficient (Wildman–Crippen LogP) is 2.33. The first-order chi connectivity index (χ1) is 5.69. The van der Waals surface area contributed by atoms with Crippen molar-refractivity contribution in [3.63, 3.8) is 0 Å². The van der Waals surface area contributed by atoms with Crippen LogP contribution in [0.5, 0.6) is 0 Å². The van der Waals surface area contributed by atoms with E-state index in [-0.39, 0.29) is 5.41 Å². The monoisotopic (exact) mass is 188 g/mol. The van der Waals surface area contributed by atoms with Crippen LogP contribution < -0.4 is 0 Å². The average Bonchev–Trinajstić information content (AvgIpc) is 1.98. The topological polar surface area (TPSA) is 40.5 Å². The van der Waals surface area contributed by atoms with Crippen molar-refractivity contribution in [2.45, 2.75) is 65.6 Å². The van der Waals surface area contributed by atoms with Crippen LogP contribution in [0.3, 0.4) is 0 Å². The van der Waals surface area contributed by atoms with Gasteiger partial charge in [-0.25, -0.2) is 0 Å². The van der Waals surface area contributed by atoms with Crippen LogP contribution in [-0.2, 0) is 0 Å². The summed E-state index contributed by atoms with van der Waals surface area (Å²) in [7, 11) is 0. The molecule has 80 valence electrons. The van der Waals surface area contributed by atoms with E-state index in [1.807, 2.05) is 6.92 Å². The van der Waals surface area contributed by atoms with E-state index in [9.17, 15) is 10.2 Å². The second-order valence-electron chi connectivity index (χ2n) is 5.33. The SMILES string of the molecule is CCC(C)(O)C(O)CCC(C)(C)C. The van der Waals surface area contributed by atoms with E-state index < -0.39 is 11.7 Å². The molecule has 0 aliphatic heterocycles. The summed E-state index contributed by atoms with van der Waals surface area (Å²) in [4.78, 5) is 0. The molecule has 0 aromatic heterocycles. The Balaban J connectivity index is 3.95. The fourth-order valence-electron chi connectivity index (χ4n) is 1.12.